The number of carbonyl (C=O) groups excluding carboxylic acids is 1. The largest absolute Gasteiger partial charge is 0.462 e. The average molecular weight is 298 g/mol. The fourth-order valence-electron chi connectivity index (χ4n) is 2.57. The van der Waals surface area contributed by atoms with Gasteiger partial charge in [-0.1, -0.05) is 18.2 Å². The van der Waals surface area contributed by atoms with Gasteiger partial charge in [-0.05, 0) is 30.9 Å². The third kappa shape index (κ3) is 2.84. The van der Waals surface area contributed by atoms with Crippen LogP contribution in [0.5, 0.6) is 0 Å². The van der Waals surface area contributed by atoms with E-state index in [0.29, 0.717) is 18.4 Å². The van der Waals surface area contributed by atoms with E-state index in [9.17, 15) is 13.2 Å². The molecule has 2 atom stereocenters. The molecule has 1 saturated heterocycles. The van der Waals surface area contributed by atoms with Gasteiger partial charge in [0.05, 0.1) is 12.2 Å². The van der Waals surface area contributed by atoms with Gasteiger partial charge in [-0.3, -0.25) is 0 Å². The lowest BCUT2D eigenvalue weighted by Gasteiger charge is -2.11. The second-order valence-corrected chi connectivity index (χ2v) is 6.18. The molecule has 1 heterocycles. The highest BCUT2D eigenvalue weighted by Crippen LogP contribution is 2.37. The molecule has 0 radical (unpaired) electrons. The lowest BCUT2D eigenvalue weighted by molar-refractivity contribution is 0.0428. The maximum atomic E-state index is 11.8. The zero-order valence-electron chi connectivity index (χ0n) is 10.6. The molecule has 0 bridgehead atoms. The molecule has 0 N–H and O–H groups in total. The third-order valence-corrected chi connectivity index (χ3v) is 4.45. The Morgan fingerprint density at radius 1 is 1.15 bits per heavy atom. The van der Waals surface area contributed by atoms with E-state index >= 15 is 0 Å². The van der Waals surface area contributed by atoms with E-state index in [4.69, 9.17) is 13.1 Å². The molecule has 7 heteroatoms. The Hall–Kier alpha value is -1.44. The molecule has 1 aromatic carbocycles. The van der Waals surface area contributed by atoms with Gasteiger partial charge in [0, 0.05) is 0 Å². The molecule has 0 spiro atoms. The number of fused-ring (bicyclic) bond motifs is 1. The SMILES string of the molecule is O=C(OCC1CC2OS(=O)(=O)OC2C1)c1ccccc1. The quantitative estimate of drug-likeness (QED) is 0.782. The van der Waals surface area contributed by atoms with Crippen molar-refractivity contribution in [3.63, 3.8) is 0 Å². The van der Waals surface area contributed by atoms with Crippen LogP contribution in [0.3, 0.4) is 0 Å². The van der Waals surface area contributed by atoms with E-state index in [0.717, 1.165) is 0 Å². The van der Waals surface area contributed by atoms with Crippen molar-refractivity contribution in [3.05, 3.63) is 35.9 Å². The van der Waals surface area contributed by atoms with Crippen LogP contribution in [0.1, 0.15) is 23.2 Å². The van der Waals surface area contributed by atoms with Crippen molar-refractivity contribution in [2.45, 2.75) is 25.0 Å². The average Bonchev–Trinajstić information content (AvgIpc) is 2.90. The number of rotatable bonds is 3. The Balaban J connectivity index is 1.51. The van der Waals surface area contributed by atoms with Crippen LogP contribution in [-0.4, -0.2) is 33.2 Å². The van der Waals surface area contributed by atoms with Crippen molar-refractivity contribution in [2.75, 3.05) is 6.61 Å². The highest BCUT2D eigenvalue weighted by Gasteiger charge is 2.47. The van der Waals surface area contributed by atoms with E-state index in [1.165, 1.54) is 0 Å². The van der Waals surface area contributed by atoms with Gasteiger partial charge in [0.15, 0.2) is 0 Å². The van der Waals surface area contributed by atoms with Crippen LogP contribution in [-0.2, 0) is 23.5 Å². The summed E-state index contributed by atoms with van der Waals surface area (Å²) in [5.41, 5.74) is 0.501. The molecule has 108 valence electrons. The molecule has 3 rings (SSSR count). The molecule has 1 aromatic rings. The number of carbonyl (C=O) groups is 1. The fraction of sp³-hybridized carbons (Fsp3) is 0.462. The van der Waals surface area contributed by atoms with Crippen molar-refractivity contribution < 1.29 is 26.3 Å². The van der Waals surface area contributed by atoms with Crippen LogP contribution in [0, 0.1) is 5.92 Å². The maximum Gasteiger partial charge on any atom is 0.400 e. The smallest absolute Gasteiger partial charge is 0.400 e. The van der Waals surface area contributed by atoms with E-state index in [1.807, 2.05) is 6.07 Å². The minimum Gasteiger partial charge on any atom is -0.462 e. The predicted molar refractivity (Wildman–Crippen MR) is 68.1 cm³/mol. The lowest BCUT2D eigenvalue weighted by atomic mass is 10.1. The molecule has 6 nitrogen and oxygen atoms in total. The molecule has 1 aliphatic heterocycles. The third-order valence-electron chi connectivity index (χ3n) is 3.49. The number of hydrogen-bond donors (Lipinski definition) is 0. The van der Waals surface area contributed by atoms with Crippen molar-refractivity contribution >= 4 is 16.4 Å². The van der Waals surface area contributed by atoms with Gasteiger partial charge < -0.3 is 4.74 Å². The van der Waals surface area contributed by atoms with Gasteiger partial charge >= 0.3 is 16.4 Å². The summed E-state index contributed by atoms with van der Waals surface area (Å²) < 4.78 is 37.0. The zero-order valence-corrected chi connectivity index (χ0v) is 11.4. The second kappa shape index (κ2) is 5.16. The Morgan fingerprint density at radius 3 is 2.35 bits per heavy atom. The van der Waals surface area contributed by atoms with Crippen molar-refractivity contribution in [1.82, 2.24) is 0 Å². The highest BCUT2D eigenvalue weighted by atomic mass is 32.3. The topological polar surface area (TPSA) is 78.9 Å². The molecular weight excluding hydrogens is 284 g/mol. The van der Waals surface area contributed by atoms with Gasteiger partial charge in [0.2, 0.25) is 0 Å². The molecule has 2 unspecified atom stereocenters. The number of hydrogen-bond acceptors (Lipinski definition) is 6. The summed E-state index contributed by atoms with van der Waals surface area (Å²) in [6.07, 6.45) is 0.152. The van der Waals surface area contributed by atoms with E-state index in [-0.39, 0.29) is 18.5 Å². The molecule has 0 aromatic heterocycles. The summed E-state index contributed by atoms with van der Waals surface area (Å²) in [5, 5.41) is 0. The van der Waals surface area contributed by atoms with Crippen LogP contribution in [0.25, 0.3) is 0 Å². The predicted octanol–water partition coefficient (Wildman–Crippen LogP) is 1.28. The summed E-state index contributed by atoms with van der Waals surface area (Å²) in [5.74, 6) is -0.315. The Morgan fingerprint density at radius 2 is 1.75 bits per heavy atom. The fourth-order valence-corrected chi connectivity index (χ4v) is 3.63. The zero-order chi connectivity index (χ0) is 14.2. The molecule has 20 heavy (non-hydrogen) atoms. The standard InChI is InChI=1S/C13H14O6S/c14-13(10-4-2-1-3-5-10)17-8-9-6-11-12(7-9)19-20(15,16)18-11/h1-5,9,11-12H,6-8H2. The minimum absolute atomic E-state index is 0.0631. The van der Waals surface area contributed by atoms with E-state index in [1.54, 1.807) is 24.3 Å². The van der Waals surface area contributed by atoms with Gasteiger partial charge in [-0.15, -0.1) is 0 Å². The van der Waals surface area contributed by atoms with Gasteiger partial charge in [-0.25, -0.2) is 13.2 Å². The number of benzene rings is 1. The first-order valence-corrected chi connectivity index (χ1v) is 7.70. The van der Waals surface area contributed by atoms with E-state index in [2.05, 4.69) is 0 Å². The second-order valence-electron chi connectivity index (χ2n) is 4.98. The summed E-state index contributed by atoms with van der Waals surface area (Å²) >= 11 is 0. The summed E-state index contributed by atoms with van der Waals surface area (Å²) in [6, 6.07) is 8.73. The summed E-state index contributed by atoms with van der Waals surface area (Å²) in [4.78, 5) is 11.8. The van der Waals surface area contributed by atoms with Crippen LogP contribution in [0.2, 0.25) is 0 Å². The first-order valence-electron chi connectivity index (χ1n) is 6.37. The summed E-state index contributed by atoms with van der Waals surface area (Å²) in [6.45, 7) is 0.244. The first kappa shape index (κ1) is 13.5. The van der Waals surface area contributed by atoms with E-state index < -0.39 is 22.6 Å². The van der Waals surface area contributed by atoms with Crippen LogP contribution >= 0.6 is 0 Å². The molecular formula is C13H14O6S. The molecule has 2 aliphatic rings. The Kier molecular flexibility index (Phi) is 3.49. The van der Waals surface area contributed by atoms with Crippen LogP contribution < -0.4 is 0 Å². The van der Waals surface area contributed by atoms with Crippen LogP contribution in [0.4, 0.5) is 0 Å². The Labute approximate surface area is 117 Å². The van der Waals surface area contributed by atoms with Gasteiger partial charge in [-0.2, -0.15) is 8.42 Å². The molecule has 1 saturated carbocycles. The van der Waals surface area contributed by atoms with Gasteiger partial charge in [0.25, 0.3) is 0 Å². The minimum atomic E-state index is -3.81. The first-order chi connectivity index (χ1) is 9.53. The normalized spacial score (nSPS) is 30.9. The molecule has 0 amide bonds. The maximum absolute atomic E-state index is 11.8. The molecule has 1 aliphatic carbocycles. The van der Waals surface area contributed by atoms with Gasteiger partial charge in [0.1, 0.15) is 12.2 Å². The number of ether oxygens (including phenoxy) is 1. The molecule has 2 fully saturated rings. The monoisotopic (exact) mass is 298 g/mol. The van der Waals surface area contributed by atoms with Crippen molar-refractivity contribution in [3.8, 4) is 0 Å². The van der Waals surface area contributed by atoms with Crippen molar-refractivity contribution in [1.29, 1.82) is 0 Å². The van der Waals surface area contributed by atoms with Crippen molar-refractivity contribution in [2.24, 2.45) is 5.92 Å². The lowest BCUT2D eigenvalue weighted by Crippen LogP contribution is -2.14. The van der Waals surface area contributed by atoms with Crippen LogP contribution in [0.15, 0.2) is 30.3 Å². The number of esters is 1. The summed E-state index contributed by atoms with van der Waals surface area (Å²) in [7, 11) is -3.81. The highest BCUT2D eigenvalue weighted by molar-refractivity contribution is 7.82. The Bertz CT molecular complexity index is 577.